The van der Waals surface area contributed by atoms with Crippen LogP contribution in [0.15, 0.2) is 59.5 Å². The van der Waals surface area contributed by atoms with Gasteiger partial charge in [0.25, 0.3) is 0 Å². The van der Waals surface area contributed by atoms with Gasteiger partial charge in [0.1, 0.15) is 5.75 Å². The minimum atomic E-state index is -3.83. The van der Waals surface area contributed by atoms with Crippen molar-refractivity contribution in [2.75, 3.05) is 0 Å². The van der Waals surface area contributed by atoms with Crippen LogP contribution >= 0.6 is 0 Å². The van der Waals surface area contributed by atoms with Gasteiger partial charge in [-0.15, -0.1) is 0 Å². The van der Waals surface area contributed by atoms with Crippen LogP contribution in [0.2, 0.25) is 0 Å². The topological polar surface area (TPSA) is 92.7 Å². The SMILES string of the molecule is O=C(O)CC(NS(=O)(=O)c1ccccc1)c1ccc(OC2CCCC2)cc1. The summed E-state index contributed by atoms with van der Waals surface area (Å²) in [6.07, 6.45) is 4.30. The van der Waals surface area contributed by atoms with Crippen molar-refractivity contribution in [1.29, 1.82) is 0 Å². The van der Waals surface area contributed by atoms with Crippen molar-refractivity contribution in [3.63, 3.8) is 0 Å². The second-order valence-electron chi connectivity index (χ2n) is 6.68. The highest BCUT2D eigenvalue weighted by molar-refractivity contribution is 7.89. The van der Waals surface area contributed by atoms with E-state index >= 15 is 0 Å². The summed E-state index contributed by atoms with van der Waals surface area (Å²) in [7, 11) is -3.83. The van der Waals surface area contributed by atoms with Crippen molar-refractivity contribution in [3.8, 4) is 5.75 Å². The van der Waals surface area contributed by atoms with Gasteiger partial charge in [0.15, 0.2) is 0 Å². The molecule has 1 atom stereocenters. The van der Waals surface area contributed by atoms with Crippen molar-refractivity contribution >= 4 is 16.0 Å². The number of ether oxygens (including phenoxy) is 1. The number of hydrogen-bond donors (Lipinski definition) is 2. The van der Waals surface area contributed by atoms with Gasteiger partial charge in [0, 0.05) is 0 Å². The second kappa shape index (κ2) is 8.54. The third-order valence-electron chi connectivity index (χ3n) is 4.62. The van der Waals surface area contributed by atoms with Gasteiger partial charge < -0.3 is 9.84 Å². The predicted octanol–water partition coefficient (Wildman–Crippen LogP) is 3.50. The Hall–Kier alpha value is -2.38. The molecule has 6 nitrogen and oxygen atoms in total. The van der Waals surface area contributed by atoms with E-state index < -0.39 is 22.0 Å². The number of aliphatic carboxylic acids is 1. The summed E-state index contributed by atoms with van der Waals surface area (Å²) < 4.78 is 33.5. The van der Waals surface area contributed by atoms with Gasteiger partial charge in [-0.25, -0.2) is 13.1 Å². The lowest BCUT2D eigenvalue weighted by molar-refractivity contribution is -0.137. The van der Waals surface area contributed by atoms with Crippen molar-refractivity contribution in [1.82, 2.24) is 4.72 Å². The van der Waals surface area contributed by atoms with E-state index in [1.165, 1.54) is 25.0 Å². The van der Waals surface area contributed by atoms with Gasteiger partial charge in [-0.3, -0.25) is 4.79 Å². The van der Waals surface area contributed by atoms with Crippen LogP contribution in [0, 0.1) is 0 Å². The highest BCUT2D eigenvalue weighted by Gasteiger charge is 2.24. The molecule has 0 heterocycles. The van der Waals surface area contributed by atoms with E-state index in [9.17, 15) is 18.3 Å². The average molecular weight is 389 g/mol. The van der Waals surface area contributed by atoms with E-state index in [-0.39, 0.29) is 17.4 Å². The number of benzene rings is 2. The molecule has 0 radical (unpaired) electrons. The molecule has 0 spiro atoms. The first-order valence-electron chi connectivity index (χ1n) is 9.00. The lowest BCUT2D eigenvalue weighted by Crippen LogP contribution is -2.30. The zero-order chi connectivity index (χ0) is 19.3. The molecule has 1 fully saturated rings. The summed E-state index contributed by atoms with van der Waals surface area (Å²) in [5.41, 5.74) is 0.579. The van der Waals surface area contributed by atoms with Crippen LogP contribution in [-0.4, -0.2) is 25.6 Å². The summed E-state index contributed by atoms with van der Waals surface area (Å²) in [6.45, 7) is 0. The van der Waals surface area contributed by atoms with E-state index in [1.807, 2.05) is 0 Å². The van der Waals surface area contributed by atoms with Crippen LogP contribution < -0.4 is 9.46 Å². The largest absolute Gasteiger partial charge is 0.490 e. The number of sulfonamides is 1. The zero-order valence-corrected chi connectivity index (χ0v) is 15.7. The zero-order valence-electron chi connectivity index (χ0n) is 14.9. The fourth-order valence-electron chi connectivity index (χ4n) is 3.23. The Balaban J connectivity index is 1.77. The molecule has 0 amide bonds. The molecular weight excluding hydrogens is 366 g/mol. The maximum Gasteiger partial charge on any atom is 0.305 e. The van der Waals surface area contributed by atoms with Gasteiger partial charge in [-0.05, 0) is 55.5 Å². The first-order chi connectivity index (χ1) is 12.9. The van der Waals surface area contributed by atoms with Crippen LogP contribution in [0.5, 0.6) is 5.75 Å². The van der Waals surface area contributed by atoms with Gasteiger partial charge >= 0.3 is 5.97 Å². The normalized spacial score (nSPS) is 16.1. The maximum atomic E-state index is 12.6. The predicted molar refractivity (Wildman–Crippen MR) is 101 cm³/mol. The monoisotopic (exact) mass is 389 g/mol. The Morgan fingerprint density at radius 2 is 1.70 bits per heavy atom. The molecule has 2 aromatic rings. The lowest BCUT2D eigenvalue weighted by atomic mass is 10.0. The summed E-state index contributed by atoms with van der Waals surface area (Å²) in [6, 6.07) is 14.0. The molecule has 0 saturated heterocycles. The van der Waals surface area contributed by atoms with E-state index in [1.54, 1.807) is 42.5 Å². The molecule has 27 heavy (non-hydrogen) atoms. The molecule has 144 valence electrons. The summed E-state index contributed by atoms with van der Waals surface area (Å²) in [5.74, 6) is -0.368. The smallest absolute Gasteiger partial charge is 0.305 e. The number of nitrogens with one attached hydrogen (secondary N) is 1. The van der Waals surface area contributed by atoms with Crippen molar-refractivity contribution in [3.05, 3.63) is 60.2 Å². The molecule has 1 saturated carbocycles. The summed E-state index contributed by atoms with van der Waals surface area (Å²) in [5, 5.41) is 9.20. The van der Waals surface area contributed by atoms with Gasteiger partial charge in [0.2, 0.25) is 10.0 Å². The molecule has 0 bridgehead atoms. The molecule has 2 N–H and O–H groups in total. The minimum Gasteiger partial charge on any atom is -0.490 e. The Labute approximate surface area is 159 Å². The number of carboxylic acids is 1. The standard InChI is InChI=1S/C20H23NO5S/c22-20(23)14-19(21-27(24,25)18-8-2-1-3-9-18)15-10-12-17(13-11-15)26-16-6-4-5-7-16/h1-3,8-13,16,19,21H,4-7,14H2,(H,22,23). The molecule has 2 aromatic carbocycles. The molecule has 3 rings (SSSR count). The van der Waals surface area contributed by atoms with Crippen molar-refractivity contribution in [2.24, 2.45) is 0 Å². The van der Waals surface area contributed by atoms with Crippen LogP contribution in [0.1, 0.15) is 43.7 Å². The lowest BCUT2D eigenvalue weighted by Gasteiger charge is -2.19. The third-order valence-corrected chi connectivity index (χ3v) is 6.10. The summed E-state index contributed by atoms with van der Waals surface area (Å²) in [4.78, 5) is 11.3. The first-order valence-corrected chi connectivity index (χ1v) is 10.5. The van der Waals surface area contributed by atoms with Crippen LogP contribution in [-0.2, 0) is 14.8 Å². The Bertz CT molecular complexity index is 859. The first kappa shape index (κ1) is 19.4. The third kappa shape index (κ3) is 5.30. The average Bonchev–Trinajstić information content (AvgIpc) is 3.15. The van der Waals surface area contributed by atoms with Crippen LogP contribution in [0.4, 0.5) is 0 Å². The second-order valence-corrected chi connectivity index (χ2v) is 8.39. The van der Waals surface area contributed by atoms with Crippen LogP contribution in [0.3, 0.4) is 0 Å². The van der Waals surface area contributed by atoms with Crippen LogP contribution in [0.25, 0.3) is 0 Å². The Morgan fingerprint density at radius 3 is 2.30 bits per heavy atom. The molecule has 1 unspecified atom stereocenters. The van der Waals surface area contributed by atoms with Gasteiger partial charge in [-0.1, -0.05) is 30.3 Å². The minimum absolute atomic E-state index is 0.0987. The van der Waals surface area contributed by atoms with E-state index in [0.717, 1.165) is 12.8 Å². The Morgan fingerprint density at radius 1 is 1.07 bits per heavy atom. The number of rotatable bonds is 8. The van der Waals surface area contributed by atoms with Gasteiger partial charge in [0.05, 0.1) is 23.5 Å². The fraction of sp³-hybridized carbons (Fsp3) is 0.350. The van der Waals surface area contributed by atoms with Gasteiger partial charge in [-0.2, -0.15) is 0 Å². The van der Waals surface area contributed by atoms with Crippen molar-refractivity contribution in [2.45, 2.75) is 49.1 Å². The highest BCUT2D eigenvalue weighted by atomic mass is 32.2. The maximum absolute atomic E-state index is 12.6. The number of hydrogen-bond acceptors (Lipinski definition) is 4. The molecule has 1 aliphatic carbocycles. The van der Waals surface area contributed by atoms with Crippen molar-refractivity contribution < 1.29 is 23.1 Å². The van der Waals surface area contributed by atoms with E-state index in [4.69, 9.17) is 4.74 Å². The fourth-order valence-corrected chi connectivity index (χ4v) is 4.48. The number of carbonyl (C=O) groups is 1. The van der Waals surface area contributed by atoms with E-state index in [2.05, 4.69) is 4.72 Å². The number of carboxylic acid groups (broad SMARTS) is 1. The molecule has 0 aromatic heterocycles. The highest BCUT2D eigenvalue weighted by Crippen LogP contribution is 2.27. The summed E-state index contributed by atoms with van der Waals surface area (Å²) >= 11 is 0. The molecule has 1 aliphatic rings. The molecule has 7 heteroatoms. The quantitative estimate of drug-likeness (QED) is 0.721. The molecular formula is C20H23NO5S. The van der Waals surface area contributed by atoms with E-state index in [0.29, 0.717) is 11.3 Å². The molecule has 0 aliphatic heterocycles. The Kier molecular flexibility index (Phi) is 6.13.